The van der Waals surface area contributed by atoms with Gasteiger partial charge in [-0.05, 0) is 49.6 Å². The van der Waals surface area contributed by atoms with Crippen LogP contribution in [0.15, 0.2) is 36.5 Å². The minimum absolute atomic E-state index is 0.125. The molecule has 2 heteroatoms. The topological polar surface area (TPSA) is 30.0 Å². The third-order valence-electron chi connectivity index (χ3n) is 3.27. The number of rotatable bonds is 3. The molecule has 0 radical (unpaired) electrons. The summed E-state index contributed by atoms with van der Waals surface area (Å²) in [7, 11) is 0. The fourth-order valence-corrected chi connectivity index (χ4v) is 1.87. The number of hydrogen-bond acceptors (Lipinski definition) is 2. The molecule has 0 saturated heterocycles. The zero-order chi connectivity index (χ0) is 13.1. The molecule has 92 valence electrons. The number of benzene rings is 1. The van der Waals surface area contributed by atoms with Crippen molar-refractivity contribution in [3.8, 4) is 0 Å². The molecule has 0 N–H and O–H groups in total. The predicted octanol–water partition coefficient (Wildman–Crippen LogP) is 3.43. The molecule has 0 saturated carbocycles. The van der Waals surface area contributed by atoms with Gasteiger partial charge in [-0.15, -0.1) is 0 Å². The van der Waals surface area contributed by atoms with Crippen LogP contribution in [0, 0.1) is 20.8 Å². The number of Topliss-reactive ketones (excluding diaryl/α,β-unsaturated/α-hetero) is 1. The zero-order valence-electron chi connectivity index (χ0n) is 11.0. The average molecular weight is 239 g/mol. The molecule has 2 rings (SSSR count). The van der Waals surface area contributed by atoms with Crippen LogP contribution in [0.3, 0.4) is 0 Å². The van der Waals surface area contributed by atoms with E-state index in [2.05, 4.69) is 4.98 Å². The highest BCUT2D eigenvalue weighted by molar-refractivity contribution is 5.97. The zero-order valence-corrected chi connectivity index (χ0v) is 11.0. The number of aryl methyl sites for hydroxylation is 3. The van der Waals surface area contributed by atoms with Crippen LogP contribution < -0.4 is 0 Å². The van der Waals surface area contributed by atoms with E-state index in [4.69, 9.17) is 0 Å². The predicted molar refractivity (Wildman–Crippen MR) is 72.9 cm³/mol. The SMILES string of the molecule is Cc1ccc(C(=O)Cc2ncccc2C)cc1C. The monoisotopic (exact) mass is 239 g/mol. The highest BCUT2D eigenvalue weighted by atomic mass is 16.1. The molecule has 0 bridgehead atoms. The first-order chi connectivity index (χ1) is 8.58. The van der Waals surface area contributed by atoms with Crippen molar-refractivity contribution in [2.45, 2.75) is 27.2 Å². The summed E-state index contributed by atoms with van der Waals surface area (Å²) in [6.45, 7) is 6.06. The quantitative estimate of drug-likeness (QED) is 0.768. The van der Waals surface area contributed by atoms with Gasteiger partial charge in [0.05, 0.1) is 12.1 Å². The number of carbonyl (C=O) groups excluding carboxylic acids is 1. The van der Waals surface area contributed by atoms with Crippen molar-refractivity contribution in [2.75, 3.05) is 0 Å². The summed E-state index contributed by atoms with van der Waals surface area (Å²) < 4.78 is 0. The van der Waals surface area contributed by atoms with Gasteiger partial charge in [0.2, 0.25) is 0 Å². The highest BCUT2D eigenvalue weighted by Gasteiger charge is 2.10. The first kappa shape index (κ1) is 12.5. The van der Waals surface area contributed by atoms with Crippen LogP contribution in [0.4, 0.5) is 0 Å². The Morgan fingerprint density at radius 1 is 1.06 bits per heavy atom. The maximum atomic E-state index is 12.2. The van der Waals surface area contributed by atoms with Gasteiger partial charge in [0, 0.05) is 11.8 Å². The molecule has 0 aliphatic rings. The van der Waals surface area contributed by atoms with E-state index in [0.29, 0.717) is 6.42 Å². The third kappa shape index (κ3) is 2.65. The molecule has 18 heavy (non-hydrogen) atoms. The molecule has 0 unspecified atom stereocenters. The van der Waals surface area contributed by atoms with E-state index >= 15 is 0 Å². The Hall–Kier alpha value is -1.96. The lowest BCUT2D eigenvalue weighted by Gasteiger charge is -2.06. The van der Waals surface area contributed by atoms with Gasteiger partial charge in [0.15, 0.2) is 5.78 Å². The van der Waals surface area contributed by atoms with Gasteiger partial charge in [0.1, 0.15) is 0 Å². The molecule has 0 amide bonds. The standard InChI is InChI=1S/C16H17NO/c1-11-6-7-14(9-13(11)3)16(18)10-15-12(2)5-4-8-17-15/h4-9H,10H2,1-3H3. The second kappa shape index (κ2) is 5.13. The molecule has 2 aromatic rings. The Labute approximate surface area is 108 Å². The van der Waals surface area contributed by atoms with Crippen LogP contribution in [-0.4, -0.2) is 10.8 Å². The van der Waals surface area contributed by atoms with E-state index in [0.717, 1.165) is 22.4 Å². The van der Waals surface area contributed by atoms with Crippen LogP contribution in [-0.2, 0) is 6.42 Å². The van der Waals surface area contributed by atoms with Crippen molar-refractivity contribution in [1.29, 1.82) is 0 Å². The molecule has 0 spiro atoms. The van der Waals surface area contributed by atoms with Crippen molar-refractivity contribution in [1.82, 2.24) is 4.98 Å². The van der Waals surface area contributed by atoms with E-state index < -0.39 is 0 Å². The van der Waals surface area contributed by atoms with Gasteiger partial charge >= 0.3 is 0 Å². The molecule has 0 aliphatic carbocycles. The summed E-state index contributed by atoms with van der Waals surface area (Å²) in [6, 6.07) is 9.71. The maximum Gasteiger partial charge on any atom is 0.168 e. The smallest absolute Gasteiger partial charge is 0.168 e. The van der Waals surface area contributed by atoms with Crippen LogP contribution in [0.1, 0.15) is 32.7 Å². The highest BCUT2D eigenvalue weighted by Crippen LogP contribution is 2.13. The molecule has 0 fully saturated rings. The second-order valence-corrected chi connectivity index (χ2v) is 4.67. The number of pyridine rings is 1. The molecule has 1 aromatic heterocycles. The van der Waals surface area contributed by atoms with E-state index in [1.165, 1.54) is 5.56 Å². The van der Waals surface area contributed by atoms with Gasteiger partial charge in [-0.1, -0.05) is 18.2 Å². The van der Waals surface area contributed by atoms with E-state index in [-0.39, 0.29) is 5.78 Å². The largest absolute Gasteiger partial charge is 0.294 e. The Kier molecular flexibility index (Phi) is 3.56. The van der Waals surface area contributed by atoms with Crippen LogP contribution >= 0.6 is 0 Å². The summed E-state index contributed by atoms with van der Waals surface area (Å²) in [4.78, 5) is 16.5. The summed E-state index contributed by atoms with van der Waals surface area (Å²) >= 11 is 0. The van der Waals surface area contributed by atoms with Gasteiger partial charge in [-0.25, -0.2) is 0 Å². The lowest BCUT2D eigenvalue weighted by molar-refractivity contribution is 0.0991. The summed E-state index contributed by atoms with van der Waals surface area (Å²) in [5.41, 5.74) is 5.05. The summed E-state index contributed by atoms with van der Waals surface area (Å²) in [5, 5.41) is 0. The van der Waals surface area contributed by atoms with Gasteiger partial charge < -0.3 is 0 Å². The molecule has 1 heterocycles. The molecule has 1 aromatic carbocycles. The Bertz CT molecular complexity index is 587. The van der Waals surface area contributed by atoms with Gasteiger partial charge in [-0.2, -0.15) is 0 Å². The fraction of sp³-hybridized carbons (Fsp3) is 0.250. The van der Waals surface area contributed by atoms with Crippen molar-refractivity contribution in [2.24, 2.45) is 0 Å². The fourth-order valence-electron chi connectivity index (χ4n) is 1.87. The molecule has 2 nitrogen and oxygen atoms in total. The van der Waals surface area contributed by atoms with Gasteiger partial charge in [-0.3, -0.25) is 9.78 Å². The first-order valence-electron chi connectivity index (χ1n) is 6.09. The molecule has 0 atom stereocenters. The number of nitrogens with zero attached hydrogens (tertiary/aromatic N) is 1. The van der Waals surface area contributed by atoms with Crippen molar-refractivity contribution in [3.05, 3.63) is 64.5 Å². The Morgan fingerprint density at radius 3 is 2.50 bits per heavy atom. The number of carbonyl (C=O) groups is 1. The van der Waals surface area contributed by atoms with Crippen molar-refractivity contribution < 1.29 is 4.79 Å². The Balaban J connectivity index is 2.22. The third-order valence-corrected chi connectivity index (χ3v) is 3.27. The number of ketones is 1. The first-order valence-corrected chi connectivity index (χ1v) is 6.09. The summed E-state index contributed by atoms with van der Waals surface area (Å²) in [5.74, 6) is 0.125. The number of hydrogen-bond donors (Lipinski definition) is 0. The van der Waals surface area contributed by atoms with Crippen LogP contribution in [0.2, 0.25) is 0 Å². The van der Waals surface area contributed by atoms with E-state index in [1.807, 2.05) is 51.1 Å². The lowest BCUT2D eigenvalue weighted by atomic mass is 10.00. The molecule has 0 aliphatic heterocycles. The molecular weight excluding hydrogens is 222 g/mol. The van der Waals surface area contributed by atoms with Gasteiger partial charge in [0.25, 0.3) is 0 Å². The van der Waals surface area contributed by atoms with Crippen LogP contribution in [0.5, 0.6) is 0 Å². The summed E-state index contributed by atoms with van der Waals surface area (Å²) in [6.07, 6.45) is 2.10. The lowest BCUT2D eigenvalue weighted by Crippen LogP contribution is -2.07. The second-order valence-electron chi connectivity index (χ2n) is 4.67. The minimum atomic E-state index is 0.125. The normalized spacial score (nSPS) is 10.4. The molecular formula is C16H17NO. The minimum Gasteiger partial charge on any atom is -0.294 e. The van der Waals surface area contributed by atoms with E-state index in [1.54, 1.807) is 6.20 Å². The number of aromatic nitrogens is 1. The van der Waals surface area contributed by atoms with E-state index in [9.17, 15) is 4.79 Å². The average Bonchev–Trinajstić information content (AvgIpc) is 2.35. The van der Waals surface area contributed by atoms with Crippen molar-refractivity contribution >= 4 is 5.78 Å². The van der Waals surface area contributed by atoms with Crippen LogP contribution in [0.25, 0.3) is 0 Å². The maximum absolute atomic E-state index is 12.2. The van der Waals surface area contributed by atoms with Crippen molar-refractivity contribution in [3.63, 3.8) is 0 Å². The Morgan fingerprint density at radius 2 is 1.83 bits per heavy atom.